The average Bonchev–Trinajstić information content (AvgIpc) is 2.39. The maximum absolute atomic E-state index is 5.88. The number of nitrogens with zero attached hydrogens (tertiary/aromatic N) is 4. The van der Waals surface area contributed by atoms with Gasteiger partial charge >= 0.3 is 0 Å². The summed E-state index contributed by atoms with van der Waals surface area (Å²) in [6.45, 7) is 6.02. The zero-order valence-corrected chi connectivity index (χ0v) is 10.4. The van der Waals surface area contributed by atoms with E-state index in [-0.39, 0.29) is 0 Å². The van der Waals surface area contributed by atoms with Gasteiger partial charge in [-0.3, -0.25) is 0 Å². The van der Waals surface area contributed by atoms with Gasteiger partial charge in [0.05, 0.1) is 6.20 Å². The lowest BCUT2D eigenvalue weighted by Gasteiger charge is -2.32. The van der Waals surface area contributed by atoms with Crippen molar-refractivity contribution in [3.63, 3.8) is 0 Å². The Morgan fingerprint density at radius 2 is 2.06 bits per heavy atom. The van der Waals surface area contributed by atoms with E-state index in [1.807, 2.05) is 19.1 Å². The number of aromatic nitrogens is 2. The van der Waals surface area contributed by atoms with Crippen LogP contribution in [0.5, 0.6) is 0 Å². The van der Waals surface area contributed by atoms with E-state index in [4.69, 9.17) is 5.73 Å². The van der Waals surface area contributed by atoms with Gasteiger partial charge in [0.2, 0.25) is 0 Å². The highest BCUT2D eigenvalue weighted by atomic mass is 15.3. The first-order chi connectivity index (χ1) is 8.20. The molecular weight excluding hydrogens is 214 g/mol. The molecule has 2 N–H and O–H groups in total. The molecule has 0 aliphatic carbocycles. The molecule has 0 aromatic carbocycles. The molecule has 2 rings (SSSR count). The molecule has 1 aromatic heterocycles. The van der Waals surface area contributed by atoms with Crippen molar-refractivity contribution in [2.75, 3.05) is 38.1 Å². The monoisotopic (exact) mass is 233 g/mol. The molecule has 5 nitrogen and oxygen atoms in total. The zero-order valence-electron chi connectivity index (χ0n) is 10.4. The van der Waals surface area contributed by atoms with Gasteiger partial charge in [-0.05, 0) is 20.0 Å². The molecule has 0 unspecified atom stereocenters. The van der Waals surface area contributed by atoms with Crippen LogP contribution in [-0.2, 0) is 0 Å². The van der Waals surface area contributed by atoms with Gasteiger partial charge in [-0.25, -0.2) is 0 Å². The summed E-state index contributed by atoms with van der Waals surface area (Å²) in [5.74, 6) is 0.917. The first-order valence-corrected chi connectivity index (χ1v) is 5.89. The molecule has 17 heavy (non-hydrogen) atoms. The second kappa shape index (κ2) is 5.14. The number of hydrogen-bond acceptors (Lipinski definition) is 5. The maximum Gasteiger partial charge on any atom is 0.151 e. The molecule has 1 saturated heterocycles. The molecule has 0 spiro atoms. The highest BCUT2D eigenvalue weighted by molar-refractivity contribution is 5.64. The third kappa shape index (κ3) is 2.74. The molecule has 1 aliphatic rings. The lowest BCUT2D eigenvalue weighted by Crippen LogP contribution is -2.44. The standard InChI is InChI=1S/C12H19N5/c1-3-11(13)10-8-12(15-14-9-10)17-6-4-16(2)5-7-17/h3,8-9H,4-7,13H2,1-2H3/b11-3-. The third-order valence-electron chi connectivity index (χ3n) is 3.11. The zero-order chi connectivity index (χ0) is 12.3. The normalized spacial score (nSPS) is 18.5. The van der Waals surface area contributed by atoms with Crippen molar-refractivity contribution in [1.29, 1.82) is 0 Å². The number of allylic oxidation sites excluding steroid dienone is 1. The molecule has 0 atom stereocenters. The molecule has 5 heteroatoms. The average molecular weight is 233 g/mol. The van der Waals surface area contributed by atoms with Crippen LogP contribution in [0.15, 0.2) is 18.3 Å². The van der Waals surface area contributed by atoms with E-state index in [0.717, 1.165) is 43.3 Å². The minimum absolute atomic E-state index is 0.746. The molecule has 0 radical (unpaired) electrons. The summed E-state index contributed by atoms with van der Waals surface area (Å²) in [7, 11) is 2.14. The van der Waals surface area contributed by atoms with Crippen LogP contribution >= 0.6 is 0 Å². The topological polar surface area (TPSA) is 58.3 Å². The van der Waals surface area contributed by atoms with Crippen LogP contribution in [0.2, 0.25) is 0 Å². The van der Waals surface area contributed by atoms with E-state index >= 15 is 0 Å². The van der Waals surface area contributed by atoms with Gasteiger partial charge in [-0.2, -0.15) is 5.10 Å². The van der Waals surface area contributed by atoms with E-state index in [9.17, 15) is 0 Å². The SMILES string of the molecule is C/C=C(\N)c1cnnc(N2CCN(C)CC2)c1. The summed E-state index contributed by atoms with van der Waals surface area (Å²) in [4.78, 5) is 4.56. The van der Waals surface area contributed by atoms with E-state index in [2.05, 4.69) is 27.0 Å². The molecule has 1 fully saturated rings. The maximum atomic E-state index is 5.88. The van der Waals surface area contributed by atoms with Crippen LogP contribution in [-0.4, -0.2) is 48.3 Å². The number of piperazine rings is 1. The van der Waals surface area contributed by atoms with E-state index in [0.29, 0.717) is 0 Å². The summed E-state index contributed by atoms with van der Waals surface area (Å²) in [5.41, 5.74) is 7.57. The smallest absolute Gasteiger partial charge is 0.151 e. The Labute approximate surface area is 102 Å². The molecule has 1 aromatic rings. The van der Waals surface area contributed by atoms with Crippen LogP contribution in [0.1, 0.15) is 12.5 Å². The van der Waals surface area contributed by atoms with Crippen LogP contribution in [0.3, 0.4) is 0 Å². The van der Waals surface area contributed by atoms with E-state index in [1.165, 1.54) is 0 Å². The van der Waals surface area contributed by atoms with Crippen molar-refractivity contribution in [1.82, 2.24) is 15.1 Å². The van der Waals surface area contributed by atoms with E-state index in [1.54, 1.807) is 6.20 Å². The van der Waals surface area contributed by atoms with Gasteiger partial charge in [0.15, 0.2) is 5.82 Å². The lowest BCUT2D eigenvalue weighted by molar-refractivity contribution is 0.312. The summed E-state index contributed by atoms with van der Waals surface area (Å²) in [6.07, 6.45) is 3.58. The van der Waals surface area contributed by atoms with Gasteiger partial charge in [-0.15, -0.1) is 5.10 Å². The number of likely N-dealkylation sites (N-methyl/N-ethyl adjacent to an activating group) is 1. The number of nitrogens with two attached hydrogens (primary N) is 1. The number of anilines is 1. The van der Waals surface area contributed by atoms with Gasteiger partial charge in [-0.1, -0.05) is 6.08 Å². The summed E-state index contributed by atoms with van der Waals surface area (Å²) in [6, 6.07) is 2.01. The first-order valence-electron chi connectivity index (χ1n) is 5.89. The molecule has 92 valence electrons. The first kappa shape index (κ1) is 11.9. The Morgan fingerprint density at radius 3 is 2.71 bits per heavy atom. The van der Waals surface area contributed by atoms with Crippen molar-refractivity contribution in [2.24, 2.45) is 5.73 Å². The van der Waals surface area contributed by atoms with Gasteiger partial charge in [0.25, 0.3) is 0 Å². The highest BCUT2D eigenvalue weighted by Gasteiger charge is 2.15. The van der Waals surface area contributed by atoms with Crippen LogP contribution in [0.25, 0.3) is 5.70 Å². The van der Waals surface area contributed by atoms with Crippen molar-refractivity contribution in [3.05, 3.63) is 23.9 Å². The van der Waals surface area contributed by atoms with Gasteiger partial charge in [0, 0.05) is 37.4 Å². The predicted octanol–water partition coefficient (Wildman–Crippen LogP) is 0.548. The van der Waals surface area contributed by atoms with Crippen molar-refractivity contribution in [2.45, 2.75) is 6.92 Å². The number of rotatable bonds is 2. The van der Waals surface area contributed by atoms with Gasteiger partial charge in [0.1, 0.15) is 0 Å². The lowest BCUT2D eigenvalue weighted by atomic mass is 10.2. The Balaban J connectivity index is 2.16. The predicted molar refractivity (Wildman–Crippen MR) is 69.6 cm³/mol. The Bertz CT molecular complexity index is 407. The summed E-state index contributed by atoms with van der Waals surface area (Å²) >= 11 is 0. The molecule has 1 aliphatic heterocycles. The van der Waals surface area contributed by atoms with Crippen molar-refractivity contribution >= 4 is 11.5 Å². The minimum atomic E-state index is 0.746. The number of hydrogen-bond donors (Lipinski definition) is 1. The Morgan fingerprint density at radius 1 is 1.35 bits per heavy atom. The molecule has 2 heterocycles. The fourth-order valence-corrected chi connectivity index (χ4v) is 1.87. The summed E-state index contributed by atoms with van der Waals surface area (Å²) < 4.78 is 0. The fourth-order valence-electron chi connectivity index (χ4n) is 1.87. The third-order valence-corrected chi connectivity index (χ3v) is 3.11. The molecule has 0 amide bonds. The Hall–Kier alpha value is -1.62. The van der Waals surface area contributed by atoms with E-state index < -0.39 is 0 Å². The molecular formula is C12H19N5. The highest BCUT2D eigenvalue weighted by Crippen LogP contribution is 2.16. The minimum Gasteiger partial charge on any atom is -0.398 e. The van der Waals surface area contributed by atoms with Crippen LogP contribution in [0, 0.1) is 0 Å². The Kier molecular flexibility index (Phi) is 3.58. The second-order valence-corrected chi connectivity index (χ2v) is 4.34. The molecule has 0 saturated carbocycles. The van der Waals surface area contributed by atoms with Crippen molar-refractivity contribution < 1.29 is 0 Å². The fraction of sp³-hybridized carbons (Fsp3) is 0.500. The quantitative estimate of drug-likeness (QED) is 0.808. The largest absolute Gasteiger partial charge is 0.398 e. The van der Waals surface area contributed by atoms with Crippen LogP contribution in [0.4, 0.5) is 5.82 Å². The van der Waals surface area contributed by atoms with Gasteiger partial charge < -0.3 is 15.5 Å². The second-order valence-electron chi connectivity index (χ2n) is 4.34. The van der Waals surface area contributed by atoms with Crippen molar-refractivity contribution in [3.8, 4) is 0 Å². The van der Waals surface area contributed by atoms with Crippen LogP contribution < -0.4 is 10.6 Å². The molecule has 0 bridgehead atoms. The summed E-state index contributed by atoms with van der Waals surface area (Å²) in [5, 5.41) is 8.20.